The third kappa shape index (κ3) is 3.46. The monoisotopic (exact) mass is 341 g/mol. The van der Waals surface area contributed by atoms with Crippen molar-refractivity contribution in [2.24, 2.45) is 0 Å². The SMILES string of the molecule is Cc1cc(Cl)ccc1CCn1ccnc1-c1cc(C(=O)O)ccn1. The summed E-state index contributed by atoms with van der Waals surface area (Å²) in [4.78, 5) is 19.7. The molecule has 0 atom stereocenters. The summed E-state index contributed by atoms with van der Waals surface area (Å²) in [5, 5.41) is 9.85. The minimum Gasteiger partial charge on any atom is -0.478 e. The Hall–Kier alpha value is -2.66. The first-order valence-electron chi connectivity index (χ1n) is 7.50. The van der Waals surface area contributed by atoms with Gasteiger partial charge in [-0.2, -0.15) is 0 Å². The van der Waals surface area contributed by atoms with Crippen LogP contribution in [0.2, 0.25) is 5.02 Å². The molecule has 0 radical (unpaired) electrons. The smallest absolute Gasteiger partial charge is 0.335 e. The zero-order chi connectivity index (χ0) is 17.1. The van der Waals surface area contributed by atoms with E-state index < -0.39 is 5.97 Å². The molecule has 0 aliphatic rings. The van der Waals surface area contributed by atoms with Gasteiger partial charge in [0.05, 0.1) is 5.56 Å². The molecule has 0 unspecified atom stereocenters. The number of pyridine rings is 1. The van der Waals surface area contributed by atoms with E-state index in [0.717, 1.165) is 23.6 Å². The van der Waals surface area contributed by atoms with E-state index in [-0.39, 0.29) is 5.56 Å². The average molecular weight is 342 g/mol. The molecule has 0 aliphatic heterocycles. The third-order valence-electron chi connectivity index (χ3n) is 3.88. The van der Waals surface area contributed by atoms with Crippen molar-refractivity contribution in [1.82, 2.24) is 14.5 Å². The maximum Gasteiger partial charge on any atom is 0.335 e. The van der Waals surface area contributed by atoms with Crippen LogP contribution < -0.4 is 0 Å². The maximum absolute atomic E-state index is 11.1. The number of nitrogens with zero attached hydrogens (tertiary/aromatic N) is 3. The van der Waals surface area contributed by atoms with Crippen LogP contribution in [-0.2, 0) is 13.0 Å². The van der Waals surface area contributed by atoms with Crippen molar-refractivity contribution in [3.63, 3.8) is 0 Å². The van der Waals surface area contributed by atoms with Gasteiger partial charge in [-0.25, -0.2) is 9.78 Å². The molecule has 0 spiro atoms. The minimum absolute atomic E-state index is 0.197. The standard InChI is InChI=1S/C18H16ClN3O2/c1-12-10-15(19)3-2-13(12)5-8-22-9-7-21-17(22)16-11-14(18(23)24)4-6-20-16/h2-4,6-7,9-11H,5,8H2,1H3,(H,23,24). The van der Waals surface area contributed by atoms with Crippen LogP contribution >= 0.6 is 11.6 Å². The molecule has 6 heteroatoms. The first-order chi connectivity index (χ1) is 11.5. The second-order valence-electron chi connectivity index (χ2n) is 5.50. The van der Waals surface area contributed by atoms with Crippen LogP contribution in [-0.4, -0.2) is 25.6 Å². The van der Waals surface area contributed by atoms with E-state index in [0.29, 0.717) is 11.5 Å². The number of aromatic carboxylic acids is 1. The number of imidazole rings is 1. The molecule has 0 fully saturated rings. The second kappa shape index (κ2) is 6.84. The molecular formula is C18H16ClN3O2. The number of benzene rings is 1. The summed E-state index contributed by atoms with van der Waals surface area (Å²) in [5.41, 5.74) is 3.11. The quantitative estimate of drug-likeness (QED) is 0.765. The predicted octanol–water partition coefficient (Wildman–Crippen LogP) is 3.85. The Morgan fingerprint density at radius 2 is 2.04 bits per heavy atom. The van der Waals surface area contributed by atoms with E-state index in [1.54, 1.807) is 6.20 Å². The summed E-state index contributed by atoms with van der Waals surface area (Å²) in [7, 11) is 0. The number of halogens is 1. The molecule has 122 valence electrons. The van der Waals surface area contributed by atoms with Crippen LogP contribution in [0, 0.1) is 6.92 Å². The van der Waals surface area contributed by atoms with Crippen LogP contribution in [0.1, 0.15) is 21.5 Å². The molecule has 0 amide bonds. The number of carboxylic acid groups (broad SMARTS) is 1. The highest BCUT2D eigenvalue weighted by Crippen LogP contribution is 2.19. The van der Waals surface area contributed by atoms with Crippen molar-refractivity contribution in [3.8, 4) is 11.5 Å². The van der Waals surface area contributed by atoms with Gasteiger partial charge in [-0.15, -0.1) is 0 Å². The summed E-state index contributed by atoms with van der Waals surface area (Å²) in [6, 6.07) is 8.86. The fraction of sp³-hybridized carbons (Fsp3) is 0.167. The van der Waals surface area contributed by atoms with Crippen LogP contribution in [0.15, 0.2) is 48.9 Å². The Balaban J connectivity index is 1.83. The second-order valence-corrected chi connectivity index (χ2v) is 5.94. The Kier molecular flexibility index (Phi) is 4.62. The highest BCUT2D eigenvalue weighted by molar-refractivity contribution is 6.30. The van der Waals surface area contributed by atoms with Crippen LogP contribution in [0.5, 0.6) is 0 Å². The molecule has 1 N–H and O–H groups in total. The normalized spacial score (nSPS) is 10.8. The van der Waals surface area contributed by atoms with Gasteiger partial charge < -0.3 is 9.67 Å². The lowest BCUT2D eigenvalue weighted by Crippen LogP contribution is -2.05. The number of rotatable bonds is 5. The molecule has 3 rings (SSSR count). The lowest BCUT2D eigenvalue weighted by atomic mass is 10.1. The number of aromatic nitrogens is 3. The van der Waals surface area contributed by atoms with Crippen LogP contribution in [0.4, 0.5) is 0 Å². The van der Waals surface area contributed by atoms with Crippen LogP contribution in [0.25, 0.3) is 11.5 Å². The van der Waals surface area contributed by atoms with Gasteiger partial charge in [-0.05, 0) is 48.7 Å². The van der Waals surface area contributed by atoms with Gasteiger partial charge in [-0.3, -0.25) is 4.98 Å². The Labute approximate surface area is 144 Å². The van der Waals surface area contributed by atoms with E-state index in [4.69, 9.17) is 16.7 Å². The summed E-state index contributed by atoms with van der Waals surface area (Å²) in [6.45, 7) is 2.75. The van der Waals surface area contributed by atoms with E-state index >= 15 is 0 Å². The van der Waals surface area contributed by atoms with E-state index in [9.17, 15) is 4.79 Å². The zero-order valence-electron chi connectivity index (χ0n) is 13.1. The summed E-state index contributed by atoms with van der Waals surface area (Å²) in [6.07, 6.45) is 5.88. The first kappa shape index (κ1) is 16.2. The van der Waals surface area contributed by atoms with Gasteiger partial charge in [0.15, 0.2) is 5.82 Å². The Morgan fingerprint density at radius 3 is 2.79 bits per heavy atom. The minimum atomic E-state index is -0.978. The molecular weight excluding hydrogens is 326 g/mol. The summed E-state index contributed by atoms with van der Waals surface area (Å²) >= 11 is 5.99. The Morgan fingerprint density at radius 1 is 1.21 bits per heavy atom. The molecule has 5 nitrogen and oxygen atoms in total. The molecule has 0 aliphatic carbocycles. The Bertz CT molecular complexity index is 889. The first-order valence-corrected chi connectivity index (χ1v) is 7.88. The van der Waals surface area contributed by atoms with Crippen molar-refractivity contribution in [3.05, 3.63) is 70.6 Å². The van der Waals surface area contributed by atoms with Gasteiger partial charge in [0.1, 0.15) is 5.69 Å². The highest BCUT2D eigenvalue weighted by atomic mass is 35.5. The fourth-order valence-corrected chi connectivity index (χ4v) is 2.82. The molecule has 0 bridgehead atoms. The predicted molar refractivity (Wildman–Crippen MR) is 92.3 cm³/mol. The topological polar surface area (TPSA) is 68.0 Å². The number of carbonyl (C=O) groups is 1. The van der Waals surface area contributed by atoms with Crippen LogP contribution in [0.3, 0.4) is 0 Å². The van der Waals surface area contributed by atoms with Gasteiger partial charge in [0.2, 0.25) is 0 Å². The average Bonchev–Trinajstić information content (AvgIpc) is 3.02. The molecule has 3 aromatic rings. The highest BCUT2D eigenvalue weighted by Gasteiger charge is 2.11. The van der Waals surface area contributed by atoms with Crippen molar-refractivity contribution < 1.29 is 9.90 Å². The number of aryl methyl sites for hydroxylation is 3. The third-order valence-corrected chi connectivity index (χ3v) is 4.11. The zero-order valence-corrected chi connectivity index (χ0v) is 13.9. The van der Waals surface area contributed by atoms with Crippen molar-refractivity contribution in [2.45, 2.75) is 19.9 Å². The maximum atomic E-state index is 11.1. The van der Waals surface area contributed by atoms with Crippen molar-refractivity contribution in [1.29, 1.82) is 0 Å². The molecule has 0 saturated heterocycles. The van der Waals surface area contributed by atoms with E-state index in [1.165, 1.54) is 23.9 Å². The number of carboxylic acids is 1. The molecule has 2 aromatic heterocycles. The summed E-state index contributed by atoms with van der Waals surface area (Å²) < 4.78 is 1.97. The van der Waals surface area contributed by atoms with Gasteiger partial charge >= 0.3 is 5.97 Å². The molecule has 0 saturated carbocycles. The van der Waals surface area contributed by atoms with E-state index in [1.807, 2.05) is 35.9 Å². The van der Waals surface area contributed by atoms with E-state index in [2.05, 4.69) is 9.97 Å². The lowest BCUT2D eigenvalue weighted by molar-refractivity contribution is 0.0697. The van der Waals surface area contributed by atoms with Gasteiger partial charge in [0.25, 0.3) is 0 Å². The number of hydrogen-bond donors (Lipinski definition) is 1. The fourth-order valence-electron chi connectivity index (χ4n) is 2.59. The van der Waals surface area contributed by atoms with Gasteiger partial charge in [0, 0.05) is 30.2 Å². The number of hydrogen-bond acceptors (Lipinski definition) is 3. The summed E-state index contributed by atoms with van der Waals surface area (Å²) in [5.74, 6) is -0.321. The lowest BCUT2D eigenvalue weighted by Gasteiger charge is -2.10. The largest absolute Gasteiger partial charge is 0.478 e. The van der Waals surface area contributed by atoms with Crippen molar-refractivity contribution >= 4 is 17.6 Å². The van der Waals surface area contributed by atoms with Gasteiger partial charge in [-0.1, -0.05) is 17.7 Å². The molecule has 1 aromatic carbocycles. The molecule has 24 heavy (non-hydrogen) atoms. The molecule has 2 heterocycles. The van der Waals surface area contributed by atoms with Crippen molar-refractivity contribution in [2.75, 3.05) is 0 Å².